The van der Waals surface area contributed by atoms with Crippen LogP contribution in [0.5, 0.6) is 5.75 Å². The third-order valence-corrected chi connectivity index (χ3v) is 4.10. The average molecular weight is 317 g/mol. The van der Waals surface area contributed by atoms with Crippen molar-refractivity contribution in [2.75, 3.05) is 18.7 Å². The van der Waals surface area contributed by atoms with Gasteiger partial charge in [-0.3, -0.25) is 9.00 Å². The molecule has 0 unspecified atom stereocenters. The molecular weight excluding hydrogens is 298 g/mol. The van der Waals surface area contributed by atoms with Crippen LogP contribution in [0, 0.1) is 6.92 Å². The lowest BCUT2D eigenvalue weighted by Crippen LogP contribution is -2.13. The van der Waals surface area contributed by atoms with E-state index in [4.69, 9.17) is 4.74 Å². The first-order valence-corrected chi connectivity index (χ1v) is 8.58. The lowest BCUT2D eigenvalue weighted by atomic mass is 10.1. The Bertz CT molecular complexity index is 713. The number of nitrogens with one attached hydrogen (secondary N) is 1. The van der Waals surface area contributed by atoms with Crippen molar-refractivity contribution in [3.8, 4) is 5.75 Å². The van der Waals surface area contributed by atoms with E-state index in [9.17, 15) is 9.00 Å². The number of rotatable bonds is 5. The second-order valence-corrected chi connectivity index (χ2v) is 6.43. The molecule has 0 fully saturated rings. The van der Waals surface area contributed by atoms with Gasteiger partial charge in [0.1, 0.15) is 5.75 Å². The highest BCUT2D eigenvalue weighted by Crippen LogP contribution is 2.21. The second kappa shape index (κ2) is 7.22. The van der Waals surface area contributed by atoms with Crippen LogP contribution in [0.3, 0.4) is 0 Å². The van der Waals surface area contributed by atoms with Gasteiger partial charge in [0, 0.05) is 34.1 Å². The summed E-state index contributed by atoms with van der Waals surface area (Å²) in [4.78, 5) is 12.3. The molecule has 0 saturated carbocycles. The quantitative estimate of drug-likeness (QED) is 0.922. The zero-order valence-electron chi connectivity index (χ0n) is 12.9. The Morgan fingerprint density at radius 2 is 1.95 bits per heavy atom. The van der Waals surface area contributed by atoms with E-state index in [2.05, 4.69) is 5.32 Å². The number of benzene rings is 2. The van der Waals surface area contributed by atoms with E-state index in [1.54, 1.807) is 37.6 Å². The summed E-state index contributed by atoms with van der Waals surface area (Å²) in [6, 6.07) is 12.6. The maximum atomic E-state index is 12.3. The highest BCUT2D eigenvalue weighted by atomic mass is 32.2. The summed E-state index contributed by atoms with van der Waals surface area (Å²) in [5.41, 5.74) is 3.18. The van der Waals surface area contributed by atoms with Crippen LogP contribution in [0.25, 0.3) is 0 Å². The second-order valence-electron chi connectivity index (χ2n) is 4.99. The molecule has 116 valence electrons. The van der Waals surface area contributed by atoms with E-state index in [0.29, 0.717) is 17.1 Å². The Labute approximate surface area is 133 Å². The molecule has 0 aliphatic carbocycles. The van der Waals surface area contributed by atoms with Crippen LogP contribution in [0.15, 0.2) is 42.5 Å². The minimum absolute atomic E-state index is 0.197. The number of amides is 1. The number of anilines is 1. The molecular formula is C17H19NO3S. The van der Waals surface area contributed by atoms with Gasteiger partial charge in [-0.1, -0.05) is 18.2 Å². The zero-order chi connectivity index (χ0) is 16.1. The van der Waals surface area contributed by atoms with E-state index < -0.39 is 10.8 Å². The lowest BCUT2D eigenvalue weighted by Gasteiger charge is -2.12. The molecule has 1 N–H and O–H groups in total. The smallest absolute Gasteiger partial charge is 0.255 e. The van der Waals surface area contributed by atoms with Gasteiger partial charge in [0.15, 0.2) is 0 Å². The zero-order valence-corrected chi connectivity index (χ0v) is 13.7. The maximum absolute atomic E-state index is 12.3. The number of carbonyl (C=O) groups excluding carboxylic acids is 1. The minimum atomic E-state index is -0.917. The first kappa shape index (κ1) is 16.2. The summed E-state index contributed by atoms with van der Waals surface area (Å²) in [7, 11) is 0.648. The van der Waals surface area contributed by atoms with Crippen LogP contribution in [0.1, 0.15) is 21.5 Å². The average Bonchev–Trinajstić information content (AvgIpc) is 2.51. The number of methoxy groups -OCH3 is 1. The molecule has 0 bridgehead atoms. The predicted octanol–water partition coefficient (Wildman–Crippen LogP) is 3.13. The van der Waals surface area contributed by atoms with Crippen LogP contribution in [0.4, 0.5) is 5.69 Å². The van der Waals surface area contributed by atoms with E-state index >= 15 is 0 Å². The first-order valence-electron chi connectivity index (χ1n) is 6.85. The van der Waals surface area contributed by atoms with Gasteiger partial charge in [-0.05, 0) is 42.3 Å². The van der Waals surface area contributed by atoms with Gasteiger partial charge in [0.25, 0.3) is 5.91 Å². The monoisotopic (exact) mass is 317 g/mol. The Kier molecular flexibility index (Phi) is 5.33. The molecule has 1 atom stereocenters. The van der Waals surface area contributed by atoms with Crippen molar-refractivity contribution in [3.05, 3.63) is 59.2 Å². The lowest BCUT2D eigenvalue weighted by molar-refractivity contribution is 0.102. The van der Waals surface area contributed by atoms with Gasteiger partial charge in [-0.2, -0.15) is 0 Å². The highest BCUT2D eigenvalue weighted by Gasteiger charge is 2.11. The third kappa shape index (κ3) is 3.95. The van der Waals surface area contributed by atoms with Crippen molar-refractivity contribution in [2.24, 2.45) is 0 Å². The van der Waals surface area contributed by atoms with Gasteiger partial charge in [0.05, 0.1) is 7.11 Å². The van der Waals surface area contributed by atoms with Crippen molar-refractivity contribution in [1.29, 1.82) is 0 Å². The maximum Gasteiger partial charge on any atom is 0.255 e. The molecule has 1 amide bonds. The van der Waals surface area contributed by atoms with Crippen LogP contribution in [-0.2, 0) is 16.6 Å². The summed E-state index contributed by atoms with van der Waals surface area (Å²) >= 11 is 0. The summed E-state index contributed by atoms with van der Waals surface area (Å²) in [6.45, 7) is 1.92. The molecule has 2 aromatic rings. The first-order chi connectivity index (χ1) is 10.5. The Morgan fingerprint density at radius 3 is 2.64 bits per heavy atom. The van der Waals surface area contributed by atoms with Crippen molar-refractivity contribution in [2.45, 2.75) is 12.7 Å². The fourth-order valence-corrected chi connectivity index (χ4v) is 2.90. The normalized spacial score (nSPS) is 11.8. The number of ether oxygens (including phenoxy) is 1. The van der Waals surface area contributed by atoms with Crippen molar-refractivity contribution in [3.63, 3.8) is 0 Å². The molecule has 0 heterocycles. The standard InChI is InChI=1S/C17H19NO3S/c1-12-14(11-22(3)20)7-5-9-16(12)18-17(19)13-6-4-8-15(10-13)21-2/h4-10H,11H2,1-3H3,(H,18,19)/t22-/m0/s1. The summed E-state index contributed by atoms with van der Waals surface area (Å²) in [6.07, 6.45) is 1.67. The van der Waals surface area contributed by atoms with Gasteiger partial charge < -0.3 is 10.1 Å². The molecule has 5 heteroatoms. The Hall–Kier alpha value is -2.14. The summed E-state index contributed by atoms with van der Waals surface area (Å²) in [5.74, 6) is 0.922. The highest BCUT2D eigenvalue weighted by molar-refractivity contribution is 7.83. The summed E-state index contributed by atoms with van der Waals surface area (Å²) < 4.78 is 16.5. The minimum Gasteiger partial charge on any atom is -0.497 e. The predicted molar refractivity (Wildman–Crippen MR) is 89.9 cm³/mol. The molecule has 0 radical (unpaired) electrons. The van der Waals surface area contributed by atoms with Crippen molar-refractivity contribution < 1.29 is 13.7 Å². The number of hydrogen-bond donors (Lipinski definition) is 1. The van der Waals surface area contributed by atoms with E-state index in [1.807, 2.05) is 25.1 Å². The van der Waals surface area contributed by atoms with Crippen LogP contribution < -0.4 is 10.1 Å². The fourth-order valence-electron chi connectivity index (χ4n) is 2.15. The van der Waals surface area contributed by atoms with E-state index in [0.717, 1.165) is 16.8 Å². The van der Waals surface area contributed by atoms with Gasteiger partial charge in [0.2, 0.25) is 0 Å². The SMILES string of the molecule is COc1cccc(C(=O)Nc2cccc(C[S@](C)=O)c2C)c1. The Morgan fingerprint density at radius 1 is 1.23 bits per heavy atom. The van der Waals surface area contributed by atoms with Crippen molar-refractivity contribution >= 4 is 22.4 Å². The van der Waals surface area contributed by atoms with Gasteiger partial charge >= 0.3 is 0 Å². The van der Waals surface area contributed by atoms with Crippen LogP contribution in [-0.4, -0.2) is 23.5 Å². The topological polar surface area (TPSA) is 55.4 Å². The molecule has 0 spiro atoms. The largest absolute Gasteiger partial charge is 0.497 e. The molecule has 22 heavy (non-hydrogen) atoms. The van der Waals surface area contributed by atoms with E-state index in [-0.39, 0.29) is 5.91 Å². The summed E-state index contributed by atoms with van der Waals surface area (Å²) in [5, 5.41) is 2.90. The Balaban J connectivity index is 2.22. The molecule has 4 nitrogen and oxygen atoms in total. The molecule has 2 rings (SSSR count). The third-order valence-electron chi connectivity index (χ3n) is 3.38. The molecule has 0 aromatic heterocycles. The molecule has 0 saturated heterocycles. The molecule has 0 aliphatic heterocycles. The molecule has 0 aliphatic rings. The van der Waals surface area contributed by atoms with Gasteiger partial charge in [-0.15, -0.1) is 0 Å². The number of carbonyl (C=O) groups is 1. The fraction of sp³-hybridized carbons (Fsp3) is 0.235. The van der Waals surface area contributed by atoms with Gasteiger partial charge in [-0.25, -0.2) is 0 Å². The van der Waals surface area contributed by atoms with Crippen molar-refractivity contribution in [1.82, 2.24) is 0 Å². The van der Waals surface area contributed by atoms with E-state index in [1.165, 1.54) is 0 Å². The van der Waals surface area contributed by atoms with Crippen LogP contribution in [0.2, 0.25) is 0 Å². The van der Waals surface area contributed by atoms with Crippen LogP contribution >= 0.6 is 0 Å². The number of hydrogen-bond acceptors (Lipinski definition) is 3. The molecule has 2 aromatic carbocycles.